The SMILES string of the molecule is CC1=C(C)C(=O)N(c2cc(F)c(Br)cc2F)C1=O. The monoisotopic (exact) mass is 315 g/mol. The third kappa shape index (κ3) is 1.77. The molecule has 1 aliphatic heterocycles. The van der Waals surface area contributed by atoms with E-state index in [9.17, 15) is 18.4 Å². The number of rotatable bonds is 1. The van der Waals surface area contributed by atoms with E-state index in [0.29, 0.717) is 4.90 Å². The number of hydrogen-bond acceptors (Lipinski definition) is 2. The van der Waals surface area contributed by atoms with Gasteiger partial charge in [0.1, 0.15) is 11.6 Å². The molecule has 0 N–H and O–H groups in total. The van der Waals surface area contributed by atoms with E-state index < -0.39 is 23.4 Å². The highest BCUT2D eigenvalue weighted by molar-refractivity contribution is 9.10. The second kappa shape index (κ2) is 4.28. The molecule has 1 heterocycles. The predicted molar refractivity (Wildman–Crippen MR) is 64.9 cm³/mol. The van der Waals surface area contributed by atoms with Crippen molar-refractivity contribution in [3.05, 3.63) is 39.4 Å². The maximum Gasteiger partial charge on any atom is 0.261 e. The van der Waals surface area contributed by atoms with Gasteiger partial charge in [0.2, 0.25) is 0 Å². The van der Waals surface area contributed by atoms with Crippen molar-refractivity contribution in [2.75, 3.05) is 4.90 Å². The van der Waals surface area contributed by atoms with E-state index in [1.54, 1.807) is 0 Å². The smallest absolute Gasteiger partial charge is 0.261 e. The molecule has 2 rings (SSSR count). The van der Waals surface area contributed by atoms with Gasteiger partial charge in [-0.2, -0.15) is 0 Å². The van der Waals surface area contributed by atoms with Gasteiger partial charge in [-0.15, -0.1) is 0 Å². The molecule has 1 aromatic rings. The molecule has 0 saturated carbocycles. The molecule has 3 nitrogen and oxygen atoms in total. The second-order valence-corrected chi connectivity index (χ2v) is 4.77. The van der Waals surface area contributed by atoms with Gasteiger partial charge in [-0.05, 0) is 35.8 Å². The quantitative estimate of drug-likeness (QED) is 0.590. The minimum absolute atomic E-state index is 0.0655. The lowest BCUT2D eigenvalue weighted by molar-refractivity contribution is -0.120. The van der Waals surface area contributed by atoms with E-state index in [1.165, 1.54) is 13.8 Å². The summed E-state index contributed by atoms with van der Waals surface area (Å²) in [6.07, 6.45) is 0. The maximum absolute atomic E-state index is 13.7. The number of imide groups is 1. The number of amides is 2. The number of carbonyl (C=O) groups is 2. The van der Waals surface area contributed by atoms with Crippen LogP contribution in [0.2, 0.25) is 0 Å². The molecule has 0 fully saturated rings. The van der Waals surface area contributed by atoms with E-state index in [0.717, 1.165) is 12.1 Å². The lowest BCUT2D eigenvalue weighted by atomic mass is 10.2. The van der Waals surface area contributed by atoms with E-state index in [-0.39, 0.29) is 21.3 Å². The Hall–Kier alpha value is -1.56. The van der Waals surface area contributed by atoms with Gasteiger partial charge in [-0.1, -0.05) is 0 Å². The Morgan fingerprint density at radius 2 is 1.50 bits per heavy atom. The highest BCUT2D eigenvalue weighted by atomic mass is 79.9. The lowest BCUT2D eigenvalue weighted by Crippen LogP contribution is -2.32. The van der Waals surface area contributed by atoms with Crippen molar-refractivity contribution >= 4 is 33.4 Å². The zero-order valence-electron chi connectivity index (χ0n) is 9.55. The minimum Gasteiger partial charge on any atom is -0.269 e. The van der Waals surface area contributed by atoms with Crippen LogP contribution in [0.5, 0.6) is 0 Å². The number of benzene rings is 1. The van der Waals surface area contributed by atoms with Crippen LogP contribution in [0.4, 0.5) is 14.5 Å². The van der Waals surface area contributed by atoms with Crippen molar-refractivity contribution in [3.8, 4) is 0 Å². The van der Waals surface area contributed by atoms with E-state index in [4.69, 9.17) is 0 Å². The molecule has 0 spiro atoms. The molecule has 18 heavy (non-hydrogen) atoms. The lowest BCUT2D eigenvalue weighted by Gasteiger charge is -2.16. The third-order valence-electron chi connectivity index (χ3n) is 2.84. The van der Waals surface area contributed by atoms with Crippen LogP contribution in [0.15, 0.2) is 27.8 Å². The van der Waals surface area contributed by atoms with Gasteiger partial charge < -0.3 is 0 Å². The van der Waals surface area contributed by atoms with Gasteiger partial charge in [-0.3, -0.25) is 9.59 Å². The maximum atomic E-state index is 13.7. The average molecular weight is 316 g/mol. The molecule has 1 aromatic carbocycles. The van der Waals surface area contributed by atoms with Crippen molar-refractivity contribution in [2.24, 2.45) is 0 Å². The Morgan fingerprint density at radius 3 is 2.00 bits per heavy atom. The largest absolute Gasteiger partial charge is 0.269 e. The third-order valence-corrected chi connectivity index (χ3v) is 3.45. The van der Waals surface area contributed by atoms with Crippen molar-refractivity contribution < 1.29 is 18.4 Å². The second-order valence-electron chi connectivity index (χ2n) is 3.91. The molecular weight excluding hydrogens is 308 g/mol. The van der Waals surface area contributed by atoms with Crippen LogP contribution in [0, 0.1) is 11.6 Å². The molecule has 0 unspecified atom stereocenters. The standard InChI is InChI=1S/C12H8BrF2NO2/c1-5-6(2)12(18)16(11(5)17)10-4-8(14)7(13)3-9(10)15/h3-4H,1-2H3. The fraction of sp³-hybridized carbons (Fsp3) is 0.167. The van der Waals surface area contributed by atoms with Crippen molar-refractivity contribution in [1.82, 2.24) is 0 Å². The van der Waals surface area contributed by atoms with Gasteiger partial charge in [-0.25, -0.2) is 13.7 Å². The number of anilines is 1. The van der Waals surface area contributed by atoms with Crippen molar-refractivity contribution in [1.29, 1.82) is 0 Å². The molecule has 0 radical (unpaired) electrons. The summed E-state index contributed by atoms with van der Waals surface area (Å²) in [5.74, 6) is -2.84. The summed E-state index contributed by atoms with van der Waals surface area (Å²) in [6, 6.07) is 1.70. The molecule has 2 amide bonds. The summed E-state index contributed by atoms with van der Waals surface area (Å²) < 4.78 is 27.0. The highest BCUT2D eigenvalue weighted by Gasteiger charge is 2.36. The van der Waals surface area contributed by atoms with Gasteiger partial charge >= 0.3 is 0 Å². The summed E-state index contributed by atoms with van der Waals surface area (Å²) in [5, 5.41) is 0. The van der Waals surface area contributed by atoms with Crippen LogP contribution in [-0.2, 0) is 9.59 Å². The van der Waals surface area contributed by atoms with Gasteiger partial charge in [0, 0.05) is 17.2 Å². The van der Waals surface area contributed by atoms with Crippen LogP contribution in [-0.4, -0.2) is 11.8 Å². The Labute approximate surface area is 110 Å². The number of hydrogen-bond donors (Lipinski definition) is 0. The Kier molecular flexibility index (Phi) is 3.06. The zero-order valence-corrected chi connectivity index (χ0v) is 11.1. The minimum atomic E-state index is -0.840. The van der Waals surface area contributed by atoms with E-state index in [1.807, 2.05) is 0 Å². The van der Waals surface area contributed by atoms with Gasteiger partial charge in [0.05, 0.1) is 10.2 Å². The Morgan fingerprint density at radius 1 is 1.00 bits per heavy atom. The fourth-order valence-electron chi connectivity index (χ4n) is 1.65. The first-order valence-electron chi connectivity index (χ1n) is 5.05. The predicted octanol–water partition coefficient (Wildman–Crippen LogP) is 2.94. The van der Waals surface area contributed by atoms with Crippen LogP contribution >= 0.6 is 15.9 Å². The summed E-state index contributed by atoms with van der Waals surface area (Å²) >= 11 is 2.83. The molecule has 6 heteroatoms. The Bertz CT molecular complexity index is 586. The fourth-order valence-corrected chi connectivity index (χ4v) is 1.97. The molecule has 1 aliphatic rings. The highest BCUT2D eigenvalue weighted by Crippen LogP contribution is 2.31. The first-order chi connectivity index (χ1) is 8.34. The van der Waals surface area contributed by atoms with Crippen molar-refractivity contribution in [2.45, 2.75) is 13.8 Å². The average Bonchev–Trinajstić information content (AvgIpc) is 2.50. The van der Waals surface area contributed by atoms with Gasteiger partial charge in [0.15, 0.2) is 0 Å². The zero-order chi connectivity index (χ0) is 13.6. The molecule has 94 valence electrons. The summed E-state index contributed by atoms with van der Waals surface area (Å²) in [7, 11) is 0. The van der Waals surface area contributed by atoms with Gasteiger partial charge in [0.25, 0.3) is 11.8 Å². The number of halogens is 3. The molecule has 0 aromatic heterocycles. The summed E-state index contributed by atoms with van der Waals surface area (Å²) in [4.78, 5) is 24.3. The summed E-state index contributed by atoms with van der Waals surface area (Å²) in [6.45, 7) is 2.95. The molecule has 0 aliphatic carbocycles. The first-order valence-corrected chi connectivity index (χ1v) is 5.84. The van der Waals surface area contributed by atoms with Crippen LogP contribution < -0.4 is 4.90 Å². The number of carbonyl (C=O) groups excluding carboxylic acids is 2. The van der Waals surface area contributed by atoms with Crippen LogP contribution in [0.25, 0.3) is 0 Å². The molecule has 0 saturated heterocycles. The topological polar surface area (TPSA) is 37.4 Å². The molecule has 0 atom stereocenters. The molecular formula is C12H8BrF2NO2. The molecule has 0 bridgehead atoms. The van der Waals surface area contributed by atoms with E-state index in [2.05, 4.69) is 15.9 Å². The normalized spacial score (nSPS) is 15.9. The number of nitrogens with zero attached hydrogens (tertiary/aromatic N) is 1. The van der Waals surface area contributed by atoms with E-state index >= 15 is 0 Å². The first kappa shape index (κ1) is 12.9. The van der Waals surface area contributed by atoms with Crippen LogP contribution in [0.3, 0.4) is 0 Å². The van der Waals surface area contributed by atoms with Crippen molar-refractivity contribution in [3.63, 3.8) is 0 Å². The van der Waals surface area contributed by atoms with Crippen LogP contribution in [0.1, 0.15) is 13.8 Å². The Balaban J connectivity index is 2.56. The summed E-state index contributed by atoms with van der Waals surface area (Å²) in [5.41, 5.74) is 0.104.